The lowest BCUT2D eigenvalue weighted by Gasteiger charge is -2.29. The van der Waals surface area contributed by atoms with Crippen molar-refractivity contribution in [2.24, 2.45) is 17.8 Å². The second kappa shape index (κ2) is 25.4. The Labute approximate surface area is 311 Å². The maximum absolute atomic E-state index is 13.3. The largest absolute Gasteiger partial charge is 0.505 e. The van der Waals surface area contributed by atoms with Crippen molar-refractivity contribution in [2.75, 3.05) is 11.9 Å². The molecule has 0 radical (unpaired) electrons. The van der Waals surface area contributed by atoms with E-state index in [-0.39, 0.29) is 35.2 Å². The predicted octanol–water partition coefficient (Wildman–Crippen LogP) is 8.41. The van der Waals surface area contributed by atoms with Gasteiger partial charge in [0, 0.05) is 13.0 Å². The molecule has 1 aromatic rings. The van der Waals surface area contributed by atoms with Crippen LogP contribution in [0.25, 0.3) is 0 Å². The molecule has 2 amide bonds. The number of benzene rings is 1. The van der Waals surface area contributed by atoms with E-state index in [0.717, 1.165) is 57.8 Å². The van der Waals surface area contributed by atoms with E-state index in [4.69, 9.17) is 14.2 Å². The number of esters is 3. The van der Waals surface area contributed by atoms with Gasteiger partial charge in [0.1, 0.15) is 12.2 Å². The van der Waals surface area contributed by atoms with Crippen molar-refractivity contribution in [2.45, 2.75) is 169 Å². The summed E-state index contributed by atoms with van der Waals surface area (Å²) >= 11 is 0. The molecular weight excluding hydrogens is 664 g/mol. The molecule has 3 N–H and O–H groups in total. The quantitative estimate of drug-likeness (QED) is 0.0295. The Morgan fingerprint density at radius 2 is 1.35 bits per heavy atom. The van der Waals surface area contributed by atoms with Crippen molar-refractivity contribution in [1.29, 1.82) is 0 Å². The van der Waals surface area contributed by atoms with Crippen molar-refractivity contribution >= 4 is 35.9 Å². The maximum Gasteiger partial charge on any atom is 0.313 e. The number of carbonyl (C=O) groups is 5. The lowest BCUT2D eigenvalue weighted by Crippen LogP contribution is -2.42. The van der Waals surface area contributed by atoms with Crippen LogP contribution >= 0.6 is 0 Å². The lowest BCUT2D eigenvalue weighted by molar-refractivity contribution is -0.176. The zero-order valence-corrected chi connectivity index (χ0v) is 32.4. The van der Waals surface area contributed by atoms with Crippen LogP contribution in [0, 0.1) is 17.8 Å². The fourth-order valence-electron chi connectivity index (χ4n) is 6.75. The molecule has 1 aliphatic heterocycles. The maximum atomic E-state index is 13.3. The van der Waals surface area contributed by atoms with Crippen molar-refractivity contribution in [1.82, 2.24) is 5.32 Å². The molecule has 294 valence electrons. The molecule has 11 heteroatoms. The number of hydrogen-bond donors (Lipinski definition) is 3. The molecule has 1 fully saturated rings. The van der Waals surface area contributed by atoms with Gasteiger partial charge < -0.3 is 30.0 Å². The number of phenolic OH excluding ortho intramolecular Hbond substituents is 1. The Morgan fingerprint density at radius 3 is 1.92 bits per heavy atom. The summed E-state index contributed by atoms with van der Waals surface area (Å²) < 4.78 is 17.5. The van der Waals surface area contributed by atoms with Crippen molar-refractivity contribution in [3.05, 3.63) is 23.8 Å². The summed E-state index contributed by atoms with van der Waals surface area (Å²) in [4.78, 5) is 62.2. The number of cyclic esters (lactones) is 2. The molecule has 2 rings (SSSR count). The smallest absolute Gasteiger partial charge is 0.313 e. The topological polar surface area (TPSA) is 157 Å². The van der Waals surface area contributed by atoms with Gasteiger partial charge in [-0.3, -0.25) is 24.0 Å². The zero-order chi connectivity index (χ0) is 38.3. The van der Waals surface area contributed by atoms with Crippen molar-refractivity contribution in [3.63, 3.8) is 0 Å². The molecule has 0 saturated carbocycles. The third kappa shape index (κ3) is 16.4. The Kier molecular flexibility index (Phi) is 21.7. The number of phenols is 1. The average molecular weight is 731 g/mol. The molecular formula is C41H66N2O9. The minimum Gasteiger partial charge on any atom is -0.505 e. The molecule has 1 aromatic carbocycles. The molecule has 11 nitrogen and oxygen atoms in total. The summed E-state index contributed by atoms with van der Waals surface area (Å²) in [6.07, 6.45) is 15.6. The van der Waals surface area contributed by atoms with Crippen LogP contribution in [0.1, 0.15) is 161 Å². The molecule has 1 saturated heterocycles. The third-order valence-electron chi connectivity index (χ3n) is 9.82. The van der Waals surface area contributed by atoms with Crippen LogP contribution in [-0.4, -0.2) is 60.2 Å². The fraction of sp³-hybridized carbons (Fsp3) is 0.732. The highest BCUT2D eigenvalue weighted by Gasteiger charge is 2.43. The van der Waals surface area contributed by atoms with E-state index in [1.807, 2.05) is 20.8 Å². The molecule has 1 aliphatic rings. The second-order valence-corrected chi connectivity index (χ2v) is 14.8. The number of hydrogen-bond acceptors (Lipinski definition) is 9. The Morgan fingerprint density at radius 1 is 0.808 bits per heavy atom. The van der Waals surface area contributed by atoms with E-state index >= 15 is 0 Å². The molecule has 52 heavy (non-hydrogen) atoms. The molecule has 1 unspecified atom stereocenters. The number of para-hydroxylation sites is 1. The van der Waals surface area contributed by atoms with Crippen LogP contribution in [0.4, 0.5) is 5.69 Å². The summed E-state index contributed by atoms with van der Waals surface area (Å²) in [5.41, 5.74) is 0.352. The van der Waals surface area contributed by atoms with Crippen LogP contribution in [-0.2, 0) is 33.4 Å². The molecule has 5 atom stereocenters. The summed E-state index contributed by atoms with van der Waals surface area (Å²) in [6.45, 7) is 9.91. The monoisotopic (exact) mass is 730 g/mol. The normalized spacial score (nSPS) is 20.6. The second-order valence-electron chi connectivity index (χ2n) is 14.8. The predicted molar refractivity (Wildman–Crippen MR) is 202 cm³/mol. The minimum absolute atomic E-state index is 0.111. The van der Waals surface area contributed by atoms with Gasteiger partial charge in [0.25, 0.3) is 5.91 Å². The van der Waals surface area contributed by atoms with Gasteiger partial charge in [0.05, 0.1) is 23.1 Å². The first-order chi connectivity index (χ1) is 25.0. The van der Waals surface area contributed by atoms with E-state index in [1.54, 1.807) is 19.9 Å². The van der Waals surface area contributed by atoms with Crippen LogP contribution in [0.3, 0.4) is 0 Å². The number of carbonyl (C=O) groups excluding carboxylic acids is 5. The number of rotatable bonds is 25. The standard InChI is InChI=1S/C41H66N2O9/c1-6-7-22-34-38(52-36(45)27-29(2)3)31(5)51-40(48)32(30(4)50-41(34)49)23-19-17-15-13-11-9-8-10-12-14-16-18-20-26-42-39(47)33-24-21-25-35(37(33)46)43-28-44/h21,24-25,28-32,34,38,46H,6-20,22-23,26-27H2,1-5H3,(H,42,47)(H,43,44)/t30-,31+,32?,34-,38+/m1/s1. The van der Waals surface area contributed by atoms with E-state index in [2.05, 4.69) is 10.6 Å². The number of aromatic hydroxyl groups is 1. The van der Waals surface area contributed by atoms with E-state index in [1.165, 1.54) is 50.7 Å². The van der Waals surface area contributed by atoms with E-state index in [0.29, 0.717) is 25.8 Å². The summed E-state index contributed by atoms with van der Waals surface area (Å²) in [6, 6.07) is 4.67. The first kappa shape index (κ1) is 44.5. The van der Waals surface area contributed by atoms with Gasteiger partial charge in [-0.15, -0.1) is 0 Å². The first-order valence-corrected chi connectivity index (χ1v) is 19.9. The molecule has 1 heterocycles. The SMILES string of the molecule is CCCC[C@H]1C(=O)O[C@H](C)C(CCCCCCCCCCCCCCCNC(=O)c2cccc(NC=O)c2O)C(=O)O[C@@H](C)[C@@H]1OC(=O)CC(C)C. The van der Waals surface area contributed by atoms with Crippen LogP contribution in [0.2, 0.25) is 0 Å². The van der Waals surface area contributed by atoms with Crippen LogP contribution in [0.15, 0.2) is 18.2 Å². The van der Waals surface area contributed by atoms with Gasteiger partial charge in [0.2, 0.25) is 6.41 Å². The summed E-state index contributed by atoms with van der Waals surface area (Å²) in [7, 11) is 0. The number of unbranched alkanes of at least 4 members (excludes halogenated alkanes) is 13. The van der Waals surface area contributed by atoms with Gasteiger partial charge in [-0.25, -0.2) is 0 Å². The number of ether oxygens (including phenoxy) is 3. The summed E-state index contributed by atoms with van der Waals surface area (Å²) in [5.74, 6) is -2.91. The van der Waals surface area contributed by atoms with Crippen molar-refractivity contribution in [3.8, 4) is 5.75 Å². The van der Waals surface area contributed by atoms with E-state index < -0.39 is 48.1 Å². The Balaban J connectivity index is 1.59. The summed E-state index contributed by atoms with van der Waals surface area (Å²) in [5, 5.41) is 15.4. The van der Waals surface area contributed by atoms with Gasteiger partial charge in [-0.1, -0.05) is 117 Å². The van der Waals surface area contributed by atoms with Crippen molar-refractivity contribution < 1.29 is 43.3 Å². The van der Waals surface area contributed by atoms with Gasteiger partial charge in [-0.05, 0) is 51.2 Å². The zero-order valence-electron chi connectivity index (χ0n) is 32.4. The highest BCUT2D eigenvalue weighted by atomic mass is 16.6. The number of nitrogens with one attached hydrogen (secondary N) is 2. The molecule has 0 aromatic heterocycles. The average Bonchev–Trinajstić information content (AvgIpc) is 3.11. The minimum atomic E-state index is -0.867. The highest BCUT2D eigenvalue weighted by molar-refractivity contribution is 5.99. The van der Waals surface area contributed by atoms with Gasteiger partial charge in [0.15, 0.2) is 11.9 Å². The van der Waals surface area contributed by atoms with Gasteiger partial charge >= 0.3 is 17.9 Å². The molecule has 0 aliphatic carbocycles. The number of anilines is 1. The van der Waals surface area contributed by atoms with Crippen LogP contribution in [0.5, 0.6) is 5.75 Å². The Hall–Kier alpha value is -3.63. The number of amides is 2. The third-order valence-corrected chi connectivity index (χ3v) is 9.82. The lowest BCUT2D eigenvalue weighted by atomic mass is 9.92. The van der Waals surface area contributed by atoms with Crippen LogP contribution < -0.4 is 10.6 Å². The first-order valence-electron chi connectivity index (χ1n) is 19.9. The van der Waals surface area contributed by atoms with E-state index in [9.17, 15) is 29.1 Å². The fourth-order valence-corrected chi connectivity index (χ4v) is 6.75. The molecule has 0 spiro atoms. The Bertz CT molecular complexity index is 1240. The highest BCUT2D eigenvalue weighted by Crippen LogP contribution is 2.30. The molecule has 0 bridgehead atoms. The van der Waals surface area contributed by atoms with Gasteiger partial charge in [-0.2, -0.15) is 0 Å².